The fraction of sp³-hybridized carbons (Fsp3) is 0.417. The number of benzene rings is 1. The lowest BCUT2D eigenvalue weighted by Crippen LogP contribution is -2.45. The van der Waals surface area contributed by atoms with Crippen LogP contribution in [0, 0.1) is 5.92 Å². The van der Waals surface area contributed by atoms with Gasteiger partial charge in [-0.25, -0.2) is 4.98 Å². The van der Waals surface area contributed by atoms with E-state index in [0.717, 1.165) is 36.8 Å². The van der Waals surface area contributed by atoms with E-state index in [0.29, 0.717) is 0 Å². The number of nitrogens with one attached hydrogen (secondary N) is 2. The van der Waals surface area contributed by atoms with E-state index in [2.05, 4.69) is 33.8 Å². The lowest BCUT2D eigenvalue weighted by atomic mass is 10.0. The molecule has 1 saturated heterocycles. The molecule has 84 valence electrons. The summed E-state index contributed by atoms with van der Waals surface area (Å²) in [5.41, 5.74) is 3.40. The molecule has 0 spiro atoms. The summed E-state index contributed by atoms with van der Waals surface area (Å²) in [6, 6.07) is 6.35. The summed E-state index contributed by atoms with van der Waals surface area (Å²) in [5.74, 6) is 0.777. The topological polar surface area (TPSA) is 41.9 Å². The molecule has 0 radical (unpaired) electrons. The predicted octanol–water partition coefficient (Wildman–Crippen LogP) is 1.20. The van der Waals surface area contributed by atoms with Crippen LogP contribution in [-0.4, -0.2) is 29.2 Å². The highest BCUT2D eigenvalue weighted by Gasteiger charge is 2.15. The van der Waals surface area contributed by atoms with E-state index in [9.17, 15) is 0 Å². The number of imidazole rings is 1. The summed E-state index contributed by atoms with van der Waals surface area (Å²) in [7, 11) is 2.02. The van der Waals surface area contributed by atoms with Crippen molar-refractivity contribution >= 4 is 16.7 Å². The van der Waals surface area contributed by atoms with Gasteiger partial charge in [-0.1, -0.05) is 0 Å². The first kappa shape index (κ1) is 9.66. The first-order valence-electron chi connectivity index (χ1n) is 5.68. The van der Waals surface area contributed by atoms with Crippen molar-refractivity contribution in [2.45, 2.75) is 0 Å². The molecule has 3 rings (SSSR count). The smallest absolute Gasteiger partial charge is 0.0955 e. The number of rotatable bonds is 3. The molecule has 0 atom stereocenters. The standard InChI is InChI=1S/C12H16N4/c1-16-8-15-11-4-10(2-3-12(11)16)14-7-9-5-13-6-9/h2-4,8-9,13-14H,5-7H2,1H3. The van der Waals surface area contributed by atoms with Gasteiger partial charge in [-0.15, -0.1) is 0 Å². The minimum absolute atomic E-state index is 0.777. The van der Waals surface area contributed by atoms with E-state index >= 15 is 0 Å². The zero-order chi connectivity index (χ0) is 11.0. The Kier molecular flexibility index (Phi) is 2.29. The highest BCUT2D eigenvalue weighted by Crippen LogP contribution is 2.17. The third-order valence-corrected chi connectivity index (χ3v) is 3.19. The molecule has 0 unspecified atom stereocenters. The molecule has 1 aromatic carbocycles. The Bertz CT molecular complexity index is 499. The molecule has 4 nitrogen and oxygen atoms in total. The maximum Gasteiger partial charge on any atom is 0.0955 e. The molecule has 16 heavy (non-hydrogen) atoms. The van der Waals surface area contributed by atoms with Crippen LogP contribution in [0.5, 0.6) is 0 Å². The quantitative estimate of drug-likeness (QED) is 0.810. The molecule has 1 aliphatic rings. The largest absolute Gasteiger partial charge is 0.385 e. The van der Waals surface area contributed by atoms with E-state index in [1.54, 1.807) is 0 Å². The summed E-state index contributed by atoms with van der Waals surface area (Å²) >= 11 is 0. The number of nitrogens with zero attached hydrogens (tertiary/aromatic N) is 2. The molecule has 1 aliphatic heterocycles. The minimum Gasteiger partial charge on any atom is -0.385 e. The first-order valence-corrected chi connectivity index (χ1v) is 5.68. The highest BCUT2D eigenvalue weighted by atomic mass is 15.0. The molecule has 1 aromatic heterocycles. The second kappa shape index (κ2) is 3.79. The van der Waals surface area contributed by atoms with Gasteiger partial charge in [-0.2, -0.15) is 0 Å². The summed E-state index contributed by atoms with van der Waals surface area (Å²) in [6.45, 7) is 3.32. The normalized spacial score (nSPS) is 16.3. The molecular weight excluding hydrogens is 200 g/mol. The van der Waals surface area contributed by atoms with Crippen molar-refractivity contribution in [3.05, 3.63) is 24.5 Å². The number of fused-ring (bicyclic) bond motifs is 1. The van der Waals surface area contributed by atoms with Gasteiger partial charge in [-0.3, -0.25) is 0 Å². The first-order chi connectivity index (χ1) is 7.83. The van der Waals surface area contributed by atoms with Gasteiger partial charge in [0, 0.05) is 38.3 Å². The van der Waals surface area contributed by atoms with Crippen molar-refractivity contribution in [2.75, 3.05) is 25.0 Å². The Morgan fingerprint density at radius 1 is 1.50 bits per heavy atom. The fourth-order valence-electron chi connectivity index (χ4n) is 2.00. The van der Waals surface area contributed by atoms with E-state index < -0.39 is 0 Å². The van der Waals surface area contributed by atoms with Crippen molar-refractivity contribution in [3.8, 4) is 0 Å². The predicted molar refractivity (Wildman–Crippen MR) is 65.6 cm³/mol. The van der Waals surface area contributed by atoms with Crippen molar-refractivity contribution in [2.24, 2.45) is 13.0 Å². The average Bonchev–Trinajstić information content (AvgIpc) is 2.58. The van der Waals surface area contributed by atoms with Gasteiger partial charge in [0.15, 0.2) is 0 Å². The lowest BCUT2D eigenvalue weighted by Gasteiger charge is -2.27. The van der Waals surface area contributed by atoms with Crippen molar-refractivity contribution in [1.82, 2.24) is 14.9 Å². The number of aromatic nitrogens is 2. The molecule has 2 aromatic rings. The Morgan fingerprint density at radius 2 is 2.38 bits per heavy atom. The fourth-order valence-corrected chi connectivity index (χ4v) is 2.00. The van der Waals surface area contributed by atoms with Crippen LogP contribution < -0.4 is 10.6 Å². The summed E-state index contributed by atoms with van der Waals surface area (Å²) in [6.07, 6.45) is 1.85. The maximum absolute atomic E-state index is 4.35. The second-order valence-electron chi connectivity index (χ2n) is 4.46. The molecule has 0 saturated carbocycles. The zero-order valence-corrected chi connectivity index (χ0v) is 9.40. The van der Waals surface area contributed by atoms with Crippen molar-refractivity contribution < 1.29 is 0 Å². The SMILES string of the molecule is Cn1cnc2cc(NCC3CNC3)ccc21. The Morgan fingerprint density at radius 3 is 3.12 bits per heavy atom. The van der Waals surface area contributed by atoms with Crippen LogP contribution >= 0.6 is 0 Å². The van der Waals surface area contributed by atoms with Gasteiger partial charge in [0.05, 0.1) is 17.4 Å². The van der Waals surface area contributed by atoms with E-state index in [1.807, 2.05) is 17.9 Å². The zero-order valence-electron chi connectivity index (χ0n) is 9.40. The second-order valence-corrected chi connectivity index (χ2v) is 4.46. The van der Waals surface area contributed by atoms with Crippen LogP contribution in [-0.2, 0) is 7.05 Å². The van der Waals surface area contributed by atoms with Crippen LogP contribution in [0.4, 0.5) is 5.69 Å². The van der Waals surface area contributed by atoms with Crippen LogP contribution in [0.3, 0.4) is 0 Å². The molecule has 4 heteroatoms. The summed E-state index contributed by atoms with van der Waals surface area (Å²) < 4.78 is 2.04. The third-order valence-electron chi connectivity index (χ3n) is 3.19. The molecular formula is C12H16N4. The van der Waals surface area contributed by atoms with E-state index in [-0.39, 0.29) is 0 Å². The maximum atomic E-state index is 4.35. The molecule has 1 fully saturated rings. The van der Waals surface area contributed by atoms with Gasteiger partial charge in [-0.05, 0) is 18.2 Å². The Hall–Kier alpha value is -1.55. The van der Waals surface area contributed by atoms with Gasteiger partial charge in [0.2, 0.25) is 0 Å². The van der Waals surface area contributed by atoms with Gasteiger partial charge >= 0.3 is 0 Å². The summed E-state index contributed by atoms with van der Waals surface area (Å²) in [5, 5.41) is 6.73. The Balaban J connectivity index is 1.76. The van der Waals surface area contributed by atoms with Gasteiger partial charge < -0.3 is 15.2 Å². The van der Waals surface area contributed by atoms with Gasteiger partial charge in [0.25, 0.3) is 0 Å². The monoisotopic (exact) mass is 216 g/mol. The molecule has 0 amide bonds. The van der Waals surface area contributed by atoms with Crippen LogP contribution in [0.1, 0.15) is 0 Å². The Labute approximate surface area is 94.7 Å². The van der Waals surface area contributed by atoms with Gasteiger partial charge in [0.1, 0.15) is 0 Å². The number of hydrogen-bond acceptors (Lipinski definition) is 3. The summed E-state index contributed by atoms with van der Waals surface area (Å²) in [4.78, 5) is 4.35. The average molecular weight is 216 g/mol. The molecule has 2 N–H and O–H groups in total. The number of hydrogen-bond donors (Lipinski definition) is 2. The van der Waals surface area contributed by atoms with Crippen LogP contribution in [0.15, 0.2) is 24.5 Å². The van der Waals surface area contributed by atoms with Crippen molar-refractivity contribution in [1.29, 1.82) is 0 Å². The van der Waals surface area contributed by atoms with Crippen molar-refractivity contribution in [3.63, 3.8) is 0 Å². The molecule has 2 heterocycles. The van der Waals surface area contributed by atoms with E-state index in [1.165, 1.54) is 5.52 Å². The lowest BCUT2D eigenvalue weighted by molar-refractivity contribution is 0.365. The number of anilines is 1. The van der Waals surface area contributed by atoms with Crippen LogP contribution in [0.25, 0.3) is 11.0 Å². The minimum atomic E-state index is 0.777. The third kappa shape index (κ3) is 1.65. The number of aryl methyl sites for hydroxylation is 1. The highest BCUT2D eigenvalue weighted by molar-refractivity contribution is 5.79. The van der Waals surface area contributed by atoms with Crippen LogP contribution in [0.2, 0.25) is 0 Å². The van der Waals surface area contributed by atoms with E-state index in [4.69, 9.17) is 0 Å². The molecule has 0 bridgehead atoms. The molecule has 0 aliphatic carbocycles.